The number of rotatable bonds is 3. The van der Waals surface area contributed by atoms with Crippen molar-refractivity contribution in [1.82, 2.24) is 0 Å². The molecule has 1 atom stereocenters. The lowest BCUT2D eigenvalue weighted by Crippen LogP contribution is -2.13. The Kier molecular flexibility index (Phi) is 3.37. The highest BCUT2D eigenvalue weighted by atomic mass is 16.5. The summed E-state index contributed by atoms with van der Waals surface area (Å²) in [7, 11) is 0. The maximum Gasteiger partial charge on any atom is 0.0760 e. The lowest BCUT2D eigenvalue weighted by atomic mass is 10.1. The Balaban J connectivity index is 2.20. The zero-order valence-corrected chi connectivity index (χ0v) is 7.18. The molecule has 0 aromatic heterocycles. The van der Waals surface area contributed by atoms with Crippen LogP contribution in [-0.2, 0) is 4.74 Å². The summed E-state index contributed by atoms with van der Waals surface area (Å²) in [6.45, 7) is 6.49. The standard InChI is InChI=1S/C10H16O/c1-9(2)8-11-10-6-4-3-5-7-10/h4,6,10H,1,3,5,7-8H2,2H3. The number of allylic oxidation sites excluding steroid dienone is 1. The predicted octanol–water partition coefficient (Wildman–Crippen LogP) is 2.69. The van der Waals surface area contributed by atoms with Gasteiger partial charge in [0.15, 0.2) is 0 Å². The average molecular weight is 152 g/mol. The third-order valence-corrected chi connectivity index (χ3v) is 1.75. The molecule has 1 unspecified atom stereocenters. The second-order valence-corrected chi connectivity index (χ2v) is 3.17. The Morgan fingerprint density at radius 3 is 3.09 bits per heavy atom. The highest BCUT2D eigenvalue weighted by Crippen LogP contribution is 2.13. The molecule has 62 valence electrons. The smallest absolute Gasteiger partial charge is 0.0760 e. The summed E-state index contributed by atoms with van der Waals surface area (Å²) in [5.74, 6) is 0. The summed E-state index contributed by atoms with van der Waals surface area (Å²) in [5.41, 5.74) is 1.10. The van der Waals surface area contributed by atoms with Crippen LogP contribution >= 0.6 is 0 Å². The normalized spacial score (nSPS) is 23.5. The van der Waals surface area contributed by atoms with Gasteiger partial charge in [-0.15, -0.1) is 0 Å². The van der Waals surface area contributed by atoms with Gasteiger partial charge in [-0.05, 0) is 26.2 Å². The minimum atomic E-state index is 0.348. The lowest BCUT2D eigenvalue weighted by Gasteiger charge is -2.16. The molecule has 0 amide bonds. The van der Waals surface area contributed by atoms with E-state index in [9.17, 15) is 0 Å². The molecule has 0 bridgehead atoms. The van der Waals surface area contributed by atoms with Crippen molar-refractivity contribution in [3.05, 3.63) is 24.3 Å². The van der Waals surface area contributed by atoms with Crippen molar-refractivity contribution in [2.45, 2.75) is 32.3 Å². The quantitative estimate of drug-likeness (QED) is 0.565. The maximum absolute atomic E-state index is 5.56. The van der Waals surface area contributed by atoms with Crippen LogP contribution in [0.25, 0.3) is 0 Å². The van der Waals surface area contributed by atoms with E-state index in [1.165, 1.54) is 19.3 Å². The molecule has 0 aromatic carbocycles. The van der Waals surface area contributed by atoms with Crippen LogP contribution in [-0.4, -0.2) is 12.7 Å². The second-order valence-electron chi connectivity index (χ2n) is 3.17. The Labute approximate surface area is 68.8 Å². The third-order valence-electron chi connectivity index (χ3n) is 1.75. The van der Waals surface area contributed by atoms with E-state index in [1.54, 1.807) is 0 Å². The van der Waals surface area contributed by atoms with Gasteiger partial charge in [0.05, 0.1) is 12.7 Å². The zero-order chi connectivity index (χ0) is 8.10. The molecule has 1 aliphatic rings. The van der Waals surface area contributed by atoms with E-state index in [0.717, 1.165) is 5.57 Å². The van der Waals surface area contributed by atoms with E-state index in [2.05, 4.69) is 18.7 Å². The van der Waals surface area contributed by atoms with Gasteiger partial charge >= 0.3 is 0 Å². The van der Waals surface area contributed by atoms with Crippen LogP contribution in [0.3, 0.4) is 0 Å². The molecular formula is C10H16O. The van der Waals surface area contributed by atoms with Gasteiger partial charge in [-0.2, -0.15) is 0 Å². The van der Waals surface area contributed by atoms with Gasteiger partial charge in [0.25, 0.3) is 0 Å². The topological polar surface area (TPSA) is 9.23 Å². The van der Waals surface area contributed by atoms with Crippen LogP contribution in [0, 0.1) is 0 Å². The van der Waals surface area contributed by atoms with E-state index in [4.69, 9.17) is 4.74 Å². The lowest BCUT2D eigenvalue weighted by molar-refractivity contribution is 0.0932. The maximum atomic E-state index is 5.56. The Bertz CT molecular complexity index is 158. The molecule has 0 saturated heterocycles. The third kappa shape index (κ3) is 3.38. The molecule has 1 aliphatic carbocycles. The summed E-state index contributed by atoms with van der Waals surface area (Å²) in [6, 6.07) is 0. The van der Waals surface area contributed by atoms with E-state index in [0.29, 0.717) is 12.7 Å². The minimum absolute atomic E-state index is 0.348. The van der Waals surface area contributed by atoms with Crippen LogP contribution < -0.4 is 0 Å². The van der Waals surface area contributed by atoms with E-state index in [1.807, 2.05) is 6.92 Å². The monoisotopic (exact) mass is 152 g/mol. The molecule has 0 fully saturated rings. The molecule has 1 nitrogen and oxygen atoms in total. The fourth-order valence-electron chi connectivity index (χ4n) is 1.17. The first-order valence-electron chi connectivity index (χ1n) is 4.21. The van der Waals surface area contributed by atoms with E-state index in [-0.39, 0.29) is 0 Å². The van der Waals surface area contributed by atoms with Gasteiger partial charge in [0.2, 0.25) is 0 Å². The molecule has 0 N–H and O–H groups in total. The van der Waals surface area contributed by atoms with Crippen molar-refractivity contribution in [1.29, 1.82) is 0 Å². The van der Waals surface area contributed by atoms with Gasteiger partial charge in [-0.3, -0.25) is 0 Å². The molecule has 11 heavy (non-hydrogen) atoms. The predicted molar refractivity (Wildman–Crippen MR) is 47.5 cm³/mol. The van der Waals surface area contributed by atoms with Gasteiger partial charge in [0, 0.05) is 0 Å². The molecule has 0 aromatic rings. The van der Waals surface area contributed by atoms with Crippen molar-refractivity contribution in [3.63, 3.8) is 0 Å². The number of hydrogen-bond acceptors (Lipinski definition) is 1. The van der Waals surface area contributed by atoms with Crippen molar-refractivity contribution in [2.24, 2.45) is 0 Å². The SMILES string of the molecule is C=C(C)COC1C=CCCC1. The first-order valence-corrected chi connectivity index (χ1v) is 4.21. The van der Waals surface area contributed by atoms with Gasteiger partial charge in [-0.25, -0.2) is 0 Å². The van der Waals surface area contributed by atoms with Gasteiger partial charge < -0.3 is 4.74 Å². The zero-order valence-electron chi connectivity index (χ0n) is 7.18. The van der Waals surface area contributed by atoms with Crippen LogP contribution in [0.2, 0.25) is 0 Å². The number of ether oxygens (including phenoxy) is 1. The molecular weight excluding hydrogens is 136 g/mol. The van der Waals surface area contributed by atoms with Crippen molar-refractivity contribution >= 4 is 0 Å². The molecule has 0 radical (unpaired) electrons. The largest absolute Gasteiger partial charge is 0.370 e. The minimum Gasteiger partial charge on any atom is -0.370 e. The molecule has 0 spiro atoms. The van der Waals surface area contributed by atoms with Crippen LogP contribution in [0.5, 0.6) is 0 Å². The summed E-state index contributed by atoms with van der Waals surface area (Å²) >= 11 is 0. The summed E-state index contributed by atoms with van der Waals surface area (Å²) in [6.07, 6.45) is 8.35. The van der Waals surface area contributed by atoms with Crippen molar-refractivity contribution < 1.29 is 4.74 Å². The van der Waals surface area contributed by atoms with Crippen LogP contribution in [0.1, 0.15) is 26.2 Å². The highest BCUT2D eigenvalue weighted by Gasteiger charge is 2.07. The fourth-order valence-corrected chi connectivity index (χ4v) is 1.17. The average Bonchev–Trinajstić information content (AvgIpc) is 2.03. The highest BCUT2D eigenvalue weighted by molar-refractivity contribution is 4.96. The van der Waals surface area contributed by atoms with E-state index >= 15 is 0 Å². The first kappa shape index (κ1) is 8.54. The first-order chi connectivity index (χ1) is 5.29. The summed E-state index contributed by atoms with van der Waals surface area (Å²) in [4.78, 5) is 0. The molecule has 1 rings (SSSR count). The van der Waals surface area contributed by atoms with Gasteiger partial charge in [-0.1, -0.05) is 24.3 Å². The second kappa shape index (κ2) is 4.35. The molecule has 0 aliphatic heterocycles. The van der Waals surface area contributed by atoms with Crippen LogP contribution in [0.15, 0.2) is 24.3 Å². The van der Waals surface area contributed by atoms with Crippen molar-refractivity contribution in [2.75, 3.05) is 6.61 Å². The summed E-state index contributed by atoms with van der Waals surface area (Å²) in [5, 5.41) is 0. The van der Waals surface area contributed by atoms with Crippen molar-refractivity contribution in [3.8, 4) is 0 Å². The number of hydrogen-bond donors (Lipinski definition) is 0. The summed E-state index contributed by atoms with van der Waals surface area (Å²) < 4.78 is 5.56. The molecule has 0 heterocycles. The molecule has 1 heteroatoms. The van der Waals surface area contributed by atoms with E-state index < -0.39 is 0 Å². The fraction of sp³-hybridized carbons (Fsp3) is 0.600. The molecule has 0 saturated carbocycles. The Hall–Kier alpha value is -0.560. The van der Waals surface area contributed by atoms with Gasteiger partial charge in [0.1, 0.15) is 0 Å². The van der Waals surface area contributed by atoms with Crippen LogP contribution in [0.4, 0.5) is 0 Å². The Morgan fingerprint density at radius 1 is 1.73 bits per heavy atom. The Morgan fingerprint density at radius 2 is 2.55 bits per heavy atom.